The Kier molecular flexibility index (Phi) is 10.2. The highest BCUT2D eigenvalue weighted by atomic mass is 79.9. The largest absolute Gasteiger partial charge is 0.493 e. The van der Waals surface area contributed by atoms with Crippen LogP contribution in [-0.2, 0) is 14.4 Å². The van der Waals surface area contributed by atoms with E-state index in [9.17, 15) is 14.4 Å². The summed E-state index contributed by atoms with van der Waals surface area (Å²) in [4.78, 5) is 36.7. The minimum atomic E-state index is -0.960. The number of rotatable bonds is 10. The first kappa shape index (κ1) is 28.2. The summed E-state index contributed by atoms with van der Waals surface area (Å²) in [5, 5.41) is 9.09. The molecule has 0 aromatic heterocycles. The van der Waals surface area contributed by atoms with E-state index in [4.69, 9.17) is 14.2 Å². The van der Waals surface area contributed by atoms with Crippen LogP contribution in [0.3, 0.4) is 0 Å². The maximum absolute atomic E-state index is 12.3. The van der Waals surface area contributed by atoms with Crippen molar-refractivity contribution in [3.8, 4) is 17.2 Å². The van der Waals surface area contributed by atoms with Crippen LogP contribution in [0.4, 0.5) is 11.4 Å². The van der Waals surface area contributed by atoms with Gasteiger partial charge >= 0.3 is 11.8 Å². The molecule has 3 N–H and O–H groups in total. The zero-order valence-electron chi connectivity index (χ0n) is 21.0. The Morgan fingerprint density at radius 2 is 1.68 bits per heavy atom. The van der Waals surface area contributed by atoms with Crippen molar-refractivity contribution in [2.45, 2.75) is 13.8 Å². The number of amides is 3. The minimum absolute atomic E-state index is 0.242. The number of methoxy groups -OCH3 is 1. The molecule has 0 aliphatic rings. The fourth-order valence-corrected chi connectivity index (χ4v) is 3.75. The van der Waals surface area contributed by atoms with E-state index in [-0.39, 0.29) is 12.5 Å². The predicted octanol–water partition coefficient (Wildman–Crippen LogP) is 4.27. The van der Waals surface area contributed by atoms with Gasteiger partial charge in [-0.05, 0) is 71.7 Å². The molecule has 0 fully saturated rings. The first-order valence-corrected chi connectivity index (χ1v) is 12.3. The van der Waals surface area contributed by atoms with Gasteiger partial charge in [0.1, 0.15) is 5.75 Å². The van der Waals surface area contributed by atoms with Crippen LogP contribution < -0.4 is 30.3 Å². The number of hydrazone groups is 1. The second kappa shape index (κ2) is 13.8. The Morgan fingerprint density at radius 1 is 0.947 bits per heavy atom. The van der Waals surface area contributed by atoms with Crippen molar-refractivity contribution in [3.05, 3.63) is 76.3 Å². The summed E-state index contributed by atoms with van der Waals surface area (Å²) in [5.74, 6) is -1.09. The van der Waals surface area contributed by atoms with Gasteiger partial charge in [0, 0.05) is 5.69 Å². The summed E-state index contributed by atoms with van der Waals surface area (Å²) in [7, 11) is 1.45. The van der Waals surface area contributed by atoms with Crippen molar-refractivity contribution in [2.24, 2.45) is 5.10 Å². The summed E-state index contributed by atoms with van der Waals surface area (Å²) in [6, 6.07) is 17.4. The van der Waals surface area contributed by atoms with Crippen molar-refractivity contribution >= 4 is 51.2 Å². The lowest BCUT2D eigenvalue weighted by atomic mass is 10.2. The average Bonchev–Trinajstić information content (AvgIpc) is 2.90. The molecular formula is C27H27BrN4O6. The predicted molar refractivity (Wildman–Crippen MR) is 148 cm³/mol. The van der Waals surface area contributed by atoms with E-state index in [1.165, 1.54) is 13.3 Å². The average molecular weight is 583 g/mol. The fourth-order valence-electron chi connectivity index (χ4n) is 3.17. The Morgan fingerprint density at radius 3 is 2.39 bits per heavy atom. The van der Waals surface area contributed by atoms with Crippen LogP contribution in [0.2, 0.25) is 0 Å². The number of carbonyl (C=O) groups excluding carboxylic acids is 3. The van der Waals surface area contributed by atoms with Crippen LogP contribution >= 0.6 is 15.9 Å². The quantitative estimate of drug-likeness (QED) is 0.186. The zero-order valence-corrected chi connectivity index (χ0v) is 22.6. The van der Waals surface area contributed by atoms with E-state index in [1.54, 1.807) is 48.5 Å². The van der Waals surface area contributed by atoms with Crippen molar-refractivity contribution in [1.29, 1.82) is 0 Å². The Balaban J connectivity index is 1.58. The molecule has 0 unspecified atom stereocenters. The topological polar surface area (TPSA) is 127 Å². The molecule has 11 heteroatoms. The fraction of sp³-hybridized carbons (Fsp3) is 0.185. The molecule has 198 valence electrons. The number of nitrogens with zero attached hydrogens (tertiary/aromatic N) is 1. The molecule has 3 aromatic rings. The van der Waals surface area contributed by atoms with Gasteiger partial charge in [-0.25, -0.2) is 5.43 Å². The van der Waals surface area contributed by atoms with Gasteiger partial charge in [0.15, 0.2) is 18.1 Å². The van der Waals surface area contributed by atoms with E-state index < -0.39 is 11.8 Å². The summed E-state index contributed by atoms with van der Waals surface area (Å²) in [5.41, 5.74) is 4.83. The Bertz CT molecular complexity index is 1330. The first-order valence-electron chi connectivity index (χ1n) is 11.5. The molecule has 38 heavy (non-hydrogen) atoms. The normalized spacial score (nSPS) is 10.5. The van der Waals surface area contributed by atoms with Gasteiger partial charge in [-0.2, -0.15) is 5.10 Å². The molecule has 0 bridgehead atoms. The summed E-state index contributed by atoms with van der Waals surface area (Å²) < 4.78 is 17.0. The second-order valence-corrected chi connectivity index (χ2v) is 8.67. The number of halogens is 1. The molecule has 10 nitrogen and oxygen atoms in total. The second-order valence-electron chi connectivity index (χ2n) is 7.82. The molecule has 0 spiro atoms. The lowest BCUT2D eigenvalue weighted by Crippen LogP contribution is -2.32. The lowest BCUT2D eigenvalue weighted by molar-refractivity contribution is -0.136. The SMILES string of the molecule is CCOc1ccccc1NC(=O)C(=O)N/N=C\c1cc(Br)c(OCC(=O)Nc2ccc(C)cc2)c(OC)c1. The number of hydrogen-bond acceptors (Lipinski definition) is 7. The third-order valence-corrected chi connectivity index (χ3v) is 5.54. The van der Waals surface area contributed by atoms with Crippen LogP contribution in [-0.4, -0.2) is 44.3 Å². The molecule has 0 atom stereocenters. The highest BCUT2D eigenvalue weighted by Crippen LogP contribution is 2.36. The molecule has 0 saturated heterocycles. The number of anilines is 2. The summed E-state index contributed by atoms with van der Waals surface area (Å²) >= 11 is 3.40. The summed E-state index contributed by atoms with van der Waals surface area (Å²) in [6.07, 6.45) is 1.33. The molecule has 3 aromatic carbocycles. The molecule has 3 rings (SSSR count). The summed E-state index contributed by atoms with van der Waals surface area (Å²) in [6.45, 7) is 3.94. The number of nitrogens with one attached hydrogen (secondary N) is 3. The van der Waals surface area contributed by atoms with Crippen molar-refractivity contribution in [2.75, 3.05) is 31.0 Å². The molecule has 3 amide bonds. The number of carbonyl (C=O) groups is 3. The van der Waals surface area contributed by atoms with E-state index in [2.05, 4.69) is 37.1 Å². The molecule has 0 saturated carbocycles. The first-order chi connectivity index (χ1) is 18.3. The van der Waals surface area contributed by atoms with Crippen LogP contribution in [0.25, 0.3) is 0 Å². The van der Waals surface area contributed by atoms with Gasteiger partial charge in [0.25, 0.3) is 5.91 Å². The highest BCUT2D eigenvalue weighted by Gasteiger charge is 2.16. The van der Waals surface area contributed by atoms with Crippen molar-refractivity contribution < 1.29 is 28.6 Å². The smallest absolute Gasteiger partial charge is 0.329 e. The maximum atomic E-state index is 12.3. The van der Waals surface area contributed by atoms with Gasteiger partial charge in [0.05, 0.1) is 30.1 Å². The van der Waals surface area contributed by atoms with Crippen molar-refractivity contribution in [1.82, 2.24) is 5.43 Å². The van der Waals surface area contributed by atoms with Crippen LogP contribution in [0.5, 0.6) is 17.2 Å². The molecular weight excluding hydrogens is 556 g/mol. The number of aryl methyl sites for hydroxylation is 1. The third kappa shape index (κ3) is 8.07. The molecule has 0 heterocycles. The van der Waals surface area contributed by atoms with Gasteiger partial charge in [0.2, 0.25) is 0 Å². The van der Waals surface area contributed by atoms with Crippen LogP contribution in [0, 0.1) is 6.92 Å². The number of para-hydroxylation sites is 2. The van der Waals surface area contributed by atoms with Crippen LogP contribution in [0.15, 0.2) is 70.2 Å². The number of ether oxygens (including phenoxy) is 3. The van der Waals surface area contributed by atoms with Gasteiger partial charge in [-0.3, -0.25) is 14.4 Å². The monoisotopic (exact) mass is 582 g/mol. The molecule has 0 aliphatic carbocycles. The van der Waals surface area contributed by atoms with Gasteiger partial charge in [-0.1, -0.05) is 29.8 Å². The highest BCUT2D eigenvalue weighted by molar-refractivity contribution is 9.10. The minimum Gasteiger partial charge on any atom is -0.493 e. The van der Waals surface area contributed by atoms with Gasteiger partial charge in [-0.15, -0.1) is 0 Å². The standard InChI is InChI=1S/C27H27BrN4O6/c1-4-37-22-8-6-5-7-21(22)31-26(34)27(35)32-29-15-18-13-20(28)25(23(14-18)36-3)38-16-24(33)30-19-11-9-17(2)10-12-19/h5-15H,4,16H2,1-3H3,(H,30,33)(H,31,34)(H,32,35)/b29-15-. The van der Waals surface area contributed by atoms with E-state index in [0.29, 0.717) is 45.3 Å². The Hall–Kier alpha value is -4.38. The van der Waals surface area contributed by atoms with Crippen molar-refractivity contribution in [3.63, 3.8) is 0 Å². The maximum Gasteiger partial charge on any atom is 0.329 e. The van der Waals surface area contributed by atoms with E-state index >= 15 is 0 Å². The van der Waals surface area contributed by atoms with Gasteiger partial charge < -0.3 is 24.8 Å². The third-order valence-electron chi connectivity index (χ3n) is 4.96. The lowest BCUT2D eigenvalue weighted by Gasteiger charge is -2.13. The van der Waals surface area contributed by atoms with Crippen LogP contribution in [0.1, 0.15) is 18.1 Å². The zero-order chi connectivity index (χ0) is 27.5. The molecule has 0 radical (unpaired) electrons. The number of hydrogen-bond donors (Lipinski definition) is 3. The van der Waals surface area contributed by atoms with E-state index in [0.717, 1.165) is 5.56 Å². The number of benzene rings is 3. The van der Waals surface area contributed by atoms with E-state index in [1.807, 2.05) is 26.0 Å². The molecule has 0 aliphatic heterocycles. The Labute approximate surface area is 228 Å².